The van der Waals surface area contributed by atoms with E-state index in [-0.39, 0.29) is 6.04 Å². The third-order valence-electron chi connectivity index (χ3n) is 4.51. The Morgan fingerprint density at radius 2 is 2.14 bits per heavy atom. The van der Waals surface area contributed by atoms with Gasteiger partial charge in [0.05, 0.1) is 23.6 Å². The summed E-state index contributed by atoms with van der Waals surface area (Å²) in [6, 6.07) is 3.62. The SMILES string of the molecule is Cc1cc(S(=O)(=O)N2c3ccncc3N3CCC2C3)sc1C. The molecule has 22 heavy (non-hydrogen) atoms. The molecule has 1 saturated heterocycles. The molecule has 0 radical (unpaired) electrons. The van der Waals surface area contributed by atoms with Crippen LogP contribution in [0.1, 0.15) is 16.9 Å². The van der Waals surface area contributed by atoms with E-state index >= 15 is 0 Å². The molecule has 1 atom stereocenters. The van der Waals surface area contributed by atoms with E-state index in [2.05, 4.69) is 9.88 Å². The van der Waals surface area contributed by atoms with Crippen LogP contribution in [0.15, 0.2) is 28.7 Å². The molecular formula is C15H17N3O2S2. The van der Waals surface area contributed by atoms with Gasteiger partial charge in [-0.15, -0.1) is 11.3 Å². The molecule has 1 unspecified atom stereocenters. The minimum Gasteiger partial charge on any atom is -0.366 e. The van der Waals surface area contributed by atoms with Crippen molar-refractivity contribution < 1.29 is 8.42 Å². The summed E-state index contributed by atoms with van der Waals surface area (Å²) in [5.41, 5.74) is 2.71. The van der Waals surface area contributed by atoms with Crippen LogP contribution in [-0.2, 0) is 10.0 Å². The Bertz CT molecular complexity index is 825. The van der Waals surface area contributed by atoms with Gasteiger partial charge in [-0.1, -0.05) is 0 Å². The minimum absolute atomic E-state index is 0.0163. The van der Waals surface area contributed by atoms with E-state index in [1.807, 2.05) is 19.9 Å². The van der Waals surface area contributed by atoms with Gasteiger partial charge in [0.15, 0.2) is 0 Å². The van der Waals surface area contributed by atoms with Crippen LogP contribution >= 0.6 is 11.3 Å². The van der Waals surface area contributed by atoms with E-state index in [4.69, 9.17) is 0 Å². The van der Waals surface area contributed by atoms with Gasteiger partial charge in [0.25, 0.3) is 10.0 Å². The summed E-state index contributed by atoms with van der Waals surface area (Å²) in [5, 5.41) is 0. The number of rotatable bonds is 2. The van der Waals surface area contributed by atoms with Crippen molar-refractivity contribution in [3.05, 3.63) is 35.0 Å². The zero-order chi connectivity index (χ0) is 15.5. The first-order chi connectivity index (χ1) is 10.5. The molecular weight excluding hydrogens is 318 g/mol. The van der Waals surface area contributed by atoms with Gasteiger partial charge in [-0.25, -0.2) is 8.42 Å². The molecule has 0 N–H and O–H groups in total. The molecule has 2 aliphatic heterocycles. The van der Waals surface area contributed by atoms with Crippen molar-refractivity contribution in [2.45, 2.75) is 30.5 Å². The molecule has 2 aliphatic rings. The lowest BCUT2D eigenvalue weighted by Crippen LogP contribution is -2.45. The van der Waals surface area contributed by atoms with Gasteiger partial charge in [0.2, 0.25) is 0 Å². The second-order valence-electron chi connectivity index (χ2n) is 5.86. The molecule has 4 heterocycles. The fourth-order valence-electron chi connectivity index (χ4n) is 3.25. The smallest absolute Gasteiger partial charge is 0.274 e. The maximum absolute atomic E-state index is 13.2. The molecule has 2 bridgehead atoms. The Morgan fingerprint density at radius 1 is 1.32 bits per heavy atom. The van der Waals surface area contributed by atoms with E-state index in [0.29, 0.717) is 4.21 Å². The second kappa shape index (κ2) is 4.70. The Labute approximate surface area is 134 Å². The monoisotopic (exact) mass is 335 g/mol. The highest BCUT2D eigenvalue weighted by molar-refractivity contribution is 7.94. The van der Waals surface area contributed by atoms with E-state index in [1.54, 1.807) is 22.8 Å². The van der Waals surface area contributed by atoms with E-state index < -0.39 is 10.0 Å². The minimum atomic E-state index is -3.51. The Hall–Kier alpha value is -1.60. The molecule has 0 spiro atoms. The van der Waals surface area contributed by atoms with Crippen LogP contribution in [0.5, 0.6) is 0 Å². The van der Waals surface area contributed by atoms with Crippen LogP contribution in [0.4, 0.5) is 11.4 Å². The molecule has 7 heteroatoms. The number of aryl methyl sites for hydroxylation is 2. The Balaban J connectivity index is 1.88. The zero-order valence-electron chi connectivity index (χ0n) is 12.5. The van der Waals surface area contributed by atoms with Crippen molar-refractivity contribution in [2.24, 2.45) is 0 Å². The van der Waals surface area contributed by atoms with Crippen LogP contribution in [0.2, 0.25) is 0 Å². The van der Waals surface area contributed by atoms with Crippen molar-refractivity contribution >= 4 is 32.7 Å². The summed E-state index contributed by atoms with van der Waals surface area (Å²) in [7, 11) is -3.51. The van der Waals surface area contributed by atoms with Crippen molar-refractivity contribution in [3.8, 4) is 0 Å². The van der Waals surface area contributed by atoms with Crippen LogP contribution in [0, 0.1) is 13.8 Å². The number of thiophene rings is 1. The number of aromatic nitrogens is 1. The van der Waals surface area contributed by atoms with Crippen LogP contribution < -0.4 is 9.21 Å². The number of fused-ring (bicyclic) bond motifs is 4. The van der Waals surface area contributed by atoms with E-state index in [1.165, 1.54) is 11.3 Å². The van der Waals surface area contributed by atoms with Crippen molar-refractivity contribution in [2.75, 3.05) is 22.3 Å². The predicted octanol–water partition coefficient (Wildman–Crippen LogP) is 2.55. The molecule has 2 aromatic rings. The molecule has 4 rings (SSSR count). The largest absolute Gasteiger partial charge is 0.366 e. The average Bonchev–Trinajstić information content (AvgIpc) is 3.05. The van der Waals surface area contributed by atoms with Crippen molar-refractivity contribution in [1.29, 1.82) is 0 Å². The average molecular weight is 335 g/mol. The molecule has 0 saturated carbocycles. The fraction of sp³-hybridized carbons (Fsp3) is 0.400. The first kappa shape index (κ1) is 14.0. The number of nitrogens with zero attached hydrogens (tertiary/aromatic N) is 3. The quantitative estimate of drug-likeness (QED) is 0.846. The number of sulfonamides is 1. The van der Waals surface area contributed by atoms with Crippen LogP contribution in [0.25, 0.3) is 0 Å². The Morgan fingerprint density at radius 3 is 2.86 bits per heavy atom. The highest BCUT2D eigenvalue weighted by atomic mass is 32.2. The van der Waals surface area contributed by atoms with Gasteiger partial charge in [0.1, 0.15) is 4.21 Å². The first-order valence-electron chi connectivity index (χ1n) is 7.29. The molecule has 0 aliphatic carbocycles. The number of hydrogen-bond acceptors (Lipinski definition) is 5. The maximum Gasteiger partial charge on any atom is 0.274 e. The topological polar surface area (TPSA) is 53.5 Å². The second-order valence-corrected chi connectivity index (χ2v) is 9.16. The summed E-state index contributed by atoms with van der Waals surface area (Å²) in [6.45, 7) is 5.56. The van der Waals surface area contributed by atoms with Gasteiger partial charge < -0.3 is 4.90 Å². The fourth-order valence-corrected chi connectivity index (χ4v) is 6.54. The standard InChI is InChI=1S/C15H17N3O2S2/c1-10-7-15(21-11(10)2)22(19,20)18-12-4-6-17(9-12)14-8-16-5-3-13(14)18/h3,5,7-8,12H,4,6,9H2,1-2H3. The third kappa shape index (κ3) is 1.88. The lowest BCUT2D eigenvalue weighted by Gasteiger charge is -2.36. The summed E-state index contributed by atoms with van der Waals surface area (Å²) in [6.07, 6.45) is 4.29. The molecule has 2 aromatic heterocycles. The van der Waals surface area contributed by atoms with Gasteiger partial charge in [-0.2, -0.15) is 0 Å². The van der Waals surface area contributed by atoms with E-state index in [9.17, 15) is 8.42 Å². The predicted molar refractivity (Wildman–Crippen MR) is 88.3 cm³/mol. The van der Waals surface area contributed by atoms with E-state index in [0.717, 1.165) is 41.3 Å². The van der Waals surface area contributed by atoms with Gasteiger partial charge in [0, 0.05) is 24.2 Å². The van der Waals surface area contributed by atoms with Gasteiger partial charge in [-0.05, 0) is 38.0 Å². The molecule has 0 amide bonds. The number of pyridine rings is 1. The summed E-state index contributed by atoms with van der Waals surface area (Å²) < 4.78 is 28.5. The first-order valence-corrected chi connectivity index (χ1v) is 9.54. The van der Waals surface area contributed by atoms with Gasteiger partial charge in [-0.3, -0.25) is 9.29 Å². The van der Waals surface area contributed by atoms with Crippen LogP contribution in [0.3, 0.4) is 0 Å². The summed E-state index contributed by atoms with van der Waals surface area (Å²) in [5.74, 6) is 0. The van der Waals surface area contributed by atoms with Gasteiger partial charge >= 0.3 is 0 Å². The molecule has 5 nitrogen and oxygen atoms in total. The summed E-state index contributed by atoms with van der Waals surface area (Å²) in [4.78, 5) is 7.44. The Kier molecular flexibility index (Phi) is 2.99. The normalized spacial score (nSPS) is 20.4. The maximum atomic E-state index is 13.2. The van der Waals surface area contributed by atoms with Crippen LogP contribution in [-0.4, -0.2) is 32.5 Å². The number of hydrogen-bond donors (Lipinski definition) is 0. The molecule has 0 aromatic carbocycles. The lowest BCUT2D eigenvalue weighted by atomic mass is 10.2. The zero-order valence-corrected chi connectivity index (χ0v) is 14.1. The third-order valence-corrected chi connectivity index (χ3v) is 7.98. The highest BCUT2D eigenvalue weighted by Crippen LogP contribution is 2.43. The highest BCUT2D eigenvalue weighted by Gasteiger charge is 2.42. The molecule has 116 valence electrons. The number of anilines is 2. The van der Waals surface area contributed by atoms with Crippen molar-refractivity contribution in [1.82, 2.24) is 4.98 Å². The van der Waals surface area contributed by atoms with Crippen molar-refractivity contribution in [3.63, 3.8) is 0 Å². The molecule has 1 fully saturated rings. The summed E-state index contributed by atoms with van der Waals surface area (Å²) >= 11 is 1.36. The lowest BCUT2D eigenvalue weighted by molar-refractivity contribution is 0.580.